The van der Waals surface area contributed by atoms with Gasteiger partial charge < -0.3 is 0 Å². The van der Waals surface area contributed by atoms with Crippen molar-refractivity contribution in [2.24, 2.45) is 5.92 Å². The molecule has 1 aliphatic rings. The normalized spacial score (nSPS) is 25.1. The third-order valence-corrected chi connectivity index (χ3v) is 6.44. The maximum atomic E-state index is 11.8. The van der Waals surface area contributed by atoms with Crippen LogP contribution in [-0.4, -0.2) is 13.9 Å². The maximum Gasteiger partial charge on any atom is 0.139 e. The third kappa shape index (κ3) is 3.04. The van der Waals surface area contributed by atoms with Crippen molar-refractivity contribution in [1.29, 1.82) is 0 Å². The van der Waals surface area contributed by atoms with Gasteiger partial charge in [-0.15, -0.1) is 0 Å². The predicted octanol–water partition coefficient (Wildman–Crippen LogP) is 3.96. The molecular weight excluding hydrogens is 200 g/mol. The molecule has 1 nitrogen and oxygen atoms in total. The molecule has 1 atom stereocenters. The number of carbonyl (C=O) groups excluding carboxylic acids is 1. The van der Waals surface area contributed by atoms with Gasteiger partial charge in [0, 0.05) is 12.3 Å². The molecule has 0 heterocycles. The number of Topliss-reactive ketones (excluding diaryl/α,β-unsaturated/α-hetero) is 1. The lowest BCUT2D eigenvalue weighted by molar-refractivity contribution is -0.123. The van der Waals surface area contributed by atoms with E-state index in [1.807, 2.05) is 0 Å². The summed E-state index contributed by atoms with van der Waals surface area (Å²) in [6, 6.07) is 0. The third-order valence-electron chi connectivity index (χ3n) is 3.79. The van der Waals surface area contributed by atoms with Crippen LogP contribution in [0.2, 0.25) is 19.6 Å². The summed E-state index contributed by atoms with van der Waals surface area (Å²) >= 11 is 0. The highest BCUT2D eigenvalue weighted by Gasteiger charge is 2.27. The SMILES string of the molecule is C/C(=C(/C)[Si](C)(C)C)C1CCCCC1=O. The zero-order valence-corrected chi connectivity index (χ0v) is 11.8. The average molecular weight is 224 g/mol. The van der Waals surface area contributed by atoms with Crippen LogP contribution in [0, 0.1) is 5.92 Å². The van der Waals surface area contributed by atoms with Gasteiger partial charge in [0.25, 0.3) is 0 Å². The Morgan fingerprint density at radius 3 is 2.27 bits per heavy atom. The van der Waals surface area contributed by atoms with E-state index < -0.39 is 8.07 Å². The van der Waals surface area contributed by atoms with E-state index >= 15 is 0 Å². The predicted molar refractivity (Wildman–Crippen MR) is 68.7 cm³/mol. The molecule has 1 fully saturated rings. The summed E-state index contributed by atoms with van der Waals surface area (Å²) in [4.78, 5) is 11.8. The quantitative estimate of drug-likeness (QED) is 0.649. The van der Waals surface area contributed by atoms with E-state index in [1.54, 1.807) is 0 Å². The second kappa shape index (κ2) is 4.65. The van der Waals surface area contributed by atoms with Crippen LogP contribution in [0.4, 0.5) is 0 Å². The molecule has 0 aromatic heterocycles. The molecule has 0 radical (unpaired) electrons. The summed E-state index contributed by atoms with van der Waals surface area (Å²) in [5.74, 6) is 0.738. The van der Waals surface area contributed by atoms with Crippen molar-refractivity contribution in [3.8, 4) is 0 Å². The largest absolute Gasteiger partial charge is 0.299 e. The van der Waals surface area contributed by atoms with Crippen LogP contribution in [0.1, 0.15) is 39.5 Å². The van der Waals surface area contributed by atoms with Gasteiger partial charge in [-0.3, -0.25) is 4.79 Å². The Balaban J connectivity index is 2.91. The molecule has 15 heavy (non-hydrogen) atoms. The summed E-state index contributed by atoms with van der Waals surface area (Å²) in [5, 5.41) is 1.53. The zero-order chi connectivity index (χ0) is 11.6. The topological polar surface area (TPSA) is 17.1 Å². The summed E-state index contributed by atoms with van der Waals surface area (Å²) in [5.41, 5.74) is 1.39. The van der Waals surface area contributed by atoms with E-state index in [0.717, 1.165) is 19.3 Å². The van der Waals surface area contributed by atoms with Crippen molar-refractivity contribution in [3.05, 3.63) is 10.8 Å². The van der Waals surface area contributed by atoms with E-state index in [0.29, 0.717) is 5.78 Å². The molecular formula is C13H24OSi. The van der Waals surface area contributed by atoms with Crippen LogP contribution in [0.15, 0.2) is 10.8 Å². The second-order valence-corrected chi connectivity index (χ2v) is 11.1. The Labute approximate surface area is 95.0 Å². The number of hydrogen-bond acceptors (Lipinski definition) is 1. The lowest BCUT2D eigenvalue weighted by Crippen LogP contribution is -2.28. The lowest BCUT2D eigenvalue weighted by Gasteiger charge is -2.27. The second-order valence-electron chi connectivity index (χ2n) is 5.82. The summed E-state index contributed by atoms with van der Waals surface area (Å²) in [7, 11) is -1.21. The van der Waals surface area contributed by atoms with E-state index in [9.17, 15) is 4.79 Å². The molecule has 0 saturated heterocycles. The molecule has 0 aromatic carbocycles. The van der Waals surface area contributed by atoms with Crippen LogP contribution in [0.25, 0.3) is 0 Å². The first-order valence-electron chi connectivity index (χ1n) is 6.04. The molecule has 1 saturated carbocycles. The Hall–Kier alpha value is -0.373. The van der Waals surface area contributed by atoms with Gasteiger partial charge in [-0.25, -0.2) is 0 Å². The maximum absolute atomic E-state index is 11.8. The van der Waals surface area contributed by atoms with Gasteiger partial charge in [0.1, 0.15) is 5.78 Å². The van der Waals surface area contributed by atoms with Gasteiger partial charge >= 0.3 is 0 Å². The number of hydrogen-bond donors (Lipinski definition) is 0. The minimum atomic E-state index is -1.21. The molecule has 1 aliphatic carbocycles. The Morgan fingerprint density at radius 1 is 1.20 bits per heavy atom. The molecule has 0 spiro atoms. The molecule has 0 bridgehead atoms. The number of rotatable bonds is 2. The molecule has 0 N–H and O–H groups in total. The number of allylic oxidation sites excluding steroid dienone is 2. The van der Waals surface area contributed by atoms with Gasteiger partial charge in [0.05, 0.1) is 8.07 Å². The molecule has 0 aliphatic heterocycles. The lowest BCUT2D eigenvalue weighted by atomic mass is 9.83. The highest BCUT2D eigenvalue weighted by Crippen LogP contribution is 2.31. The van der Waals surface area contributed by atoms with Crippen LogP contribution >= 0.6 is 0 Å². The summed E-state index contributed by atoms with van der Waals surface area (Å²) in [6.45, 7) is 11.5. The van der Waals surface area contributed by atoms with Crippen molar-refractivity contribution in [2.75, 3.05) is 0 Å². The average Bonchev–Trinajstić information content (AvgIpc) is 2.15. The van der Waals surface area contributed by atoms with Gasteiger partial charge in [0.15, 0.2) is 0 Å². The van der Waals surface area contributed by atoms with E-state index in [1.165, 1.54) is 17.2 Å². The molecule has 0 aromatic rings. The fourth-order valence-corrected chi connectivity index (χ4v) is 3.65. The van der Waals surface area contributed by atoms with E-state index in [2.05, 4.69) is 33.5 Å². The Bertz CT molecular complexity index is 283. The monoisotopic (exact) mass is 224 g/mol. The minimum absolute atomic E-state index is 0.255. The van der Waals surface area contributed by atoms with E-state index in [4.69, 9.17) is 0 Å². The highest BCUT2D eigenvalue weighted by atomic mass is 28.3. The van der Waals surface area contributed by atoms with Crippen LogP contribution < -0.4 is 0 Å². The van der Waals surface area contributed by atoms with Crippen molar-refractivity contribution in [2.45, 2.75) is 59.2 Å². The summed E-state index contributed by atoms with van der Waals surface area (Å²) in [6.07, 6.45) is 4.23. The van der Waals surface area contributed by atoms with Crippen molar-refractivity contribution in [1.82, 2.24) is 0 Å². The van der Waals surface area contributed by atoms with Crippen molar-refractivity contribution < 1.29 is 4.79 Å². The van der Waals surface area contributed by atoms with E-state index in [-0.39, 0.29) is 5.92 Å². The van der Waals surface area contributed by atoms with Crippen LogP contribution in [0.5, 0.6) is 0 Å². The first-order chi connectivity index (χ1) is 6.84. The smallest absolute Gasteiger partial charge is 0.139 e. The van der Waals surface area contributed by atoms with Gasteiger partial charge in [-0.1, -0.05) is 36.8 Å². The standard InChI is InChI=1S/C13H24OSi/c1-10(11(2)15(3,4)5)12-8-6-7-9-13(12)14/h12H,6-9H2,1-5H3/b11-10+. The van der Waals surface area contributed by atoms with Crippen LogP contribution in [0.3, 0.4) is 0 Å². The Morgan fingerprint density at radius 2 is 1.80 bits per heavy atom. The fraction of sp³-hybridized carbons (Fsp3) is 0.769. The van der Waals surface area contributed by atoms with Crippen molar-refractivity contribution >= 4 is 13.9 Å². The number of ketones is 1. The van der Waals surface area contributed by atoms with Crippen LogP contribution in [-0.2, 0) is 4.79 Å². The zero-order valence-electron chi connectivity index (χ0n) is 10.8. The molecule has 86 valence electrons. The molecule has 1 rings (SSSR count). The first kappa shape index (κ1) is 12.7. The number of carbonyl (C=O) groups is 1. The minimum Gasteiger partial charge on any atom is -0.299 e. The van der Waals surface area contributed by atoms with Gasteiger partial charge in [-0.2, -0.15) is 0 Å². The molecule has 0 amide bonds. The molecule has 2 heteroatoms. The van der Waals surface area contributed by atoms with Crippen molar-refractivity contribution in [3.63, 3.8) is 0 Å². The fourth-order valence-electron chi connectivity index (χ4n) is 2.29. The Kier molecular flexibility index (Phi) is 3.93. The summed E-state index contributed by atoms with van der Waals surface area (Å²) < 4.78 is 0. The molecule has 1 unspecified atom stereocenters. The highest BCUT2D eigenvalue weighted by molar-refractivity contribution is 6.83. The van der Waals surface area contributed by atoms with Gasteiger partial charge in [0.2, 0.25) is 0 Å². The van der Waals surface area contributed by atoms with Gasteiger partial charge in [-0.05, 0) is 26.7 Å². The first-order valence-corrected chi connectivity index (χ1v) is 9.54.